The Labute approximate surface area is 151 Å². The minimum atomic E-state index is -0.327. The molecule has 2 saturated heterocycles. The highest BCUT2D eigenvalue weighted by atomic mass is 16.2. The van der Waals surface area contributed by atoms with E-state index in [2.05, 4.69) is 12.1 Å². The van der Waals surface area contributed by atoms with E-state index < -0.39 is 0 Å². The van der Waals surface area contributed by atoms with Crippen molar-refractivity contribution in [1.82, 2.24) is 9.80 Å². The molecule has 2 atom stereocenters. The molecule has 2 heterocycles. The maximum absolute atomic E-state index is 12.7. The van der Waals surface area contributed by atoms with E-state index in [-0.39, 0.29) is 17.2 Å². The van der Waals surface area contributed by atoms with Gasteiger partial charge in [-0.2, -0.15) is 0 Å². The monoisotopic (exact) mass is 342 g/mol. The molecule has 0 saturated carbocycles. The van der Waals surface area contributed by atoms with E-state index in [1.807, 2.05) is 48.8 Å². The summed E-state index contributed by atoms with van der Waals surface area (Å²) in [4.78, 5) is 29.3. The first-order valence-corrected chi connectivity index (χ1v) is 9.45. The first kappa shape index (κ1) is 18.0. The maximum Gasteiger partial charge on any atom is 0.227 e. The third-order valence-corrected chi connectivity index (χ3v) is 5.60. The van der Waals surface area contributed by atoms with Crippen LogP contribution in [0.25, 0.3) is 0 Å². The molecule has 2 aliphatic rings. The topological polar surface area (TPSA) is 40.6 Å². The van der Waals surface area contributed by atoms with Gasteiger partial charge in [0.1, 0.15) is 0 Å². The second kappa shape index (κ2) is 7.19. The van der Waals surface area contributed by atoms with Gasteiger partial charge >= 0.3 is 0 Å². The van der Waals surface area contributed by atoms with Crippen LogP contribution in [0.4, 0.5) is 0 Å². The third kappa shape index (κ3) is 4.23. The molecule has 0 bridgehead atoms. The fourth-order valence-electron chi connectivity index (χ4n) is 4.11. The molecule has 1 aromatic rings. The van der Waals surface area contributed by atoms with Gasteiger partial charge in [0, 0.05) is 38.0 Å². The number of piperidine rings is 1. The molecule has 136 valence electrons. The highest BCUT2D eigenvalue weighted by Crippen LogP contribution is 2.34. The van der Waals surface area contributed by atoms with Crippen LogP contribution in [0, 0.1) is 17.3 Å². The lowest BCUT2D eigenvalue weighted by Crippen LogP contribution is -2.47. The lowest BCUT2D eigenvalue weighted by Gasteiger charge is -2.40. The van der Waals surface area contributed by atoms with Crippen LogP contribution in [0.5, 0.6) is 0 Å². The zero-order chi connectivity index (χ0) is 18.0. The van der Waals surface area contributed by atoms with Gasteiger partial charge in [-0.15, -0.1) is 0 Å². The number of carbonyl (C=O) groups excluding carboxylic acids is 2. The Bertz CT molecular complexity index is 621. The molecule has 0 spiro atoms. The summed E-state index contributed by atoms with van der Waals surface area (Å²) in [5.41, 5.74) is 0.859. The van der Waals surface area contributed by atoms with Crippen molar-refractivity contribution in [2.45, 2.75) is 46.6 Å². The Kier molecular flexibility index (Phi) is 5.16. The molecule has 0 radical (unpaired) electrons. The van der Waals surface area contributed by atoms with E-state index in [4.69, 9.17) is 0 Å². The average molecular weight is 342 g/mol. The van der Waals surface area contributed by atoms with E-state index in [9.17, 15) is 9.59 Å². The zero-order valence-corrected chi connectivity index (χ0v) is 15.7. The quantitative estimate of drug-likeness (QED) is 0.827. The molecule has 2 aliphatic heterocycles. The standard InChI is InChI=1S/C21H30N2O2/c1-21(2,3)20(25)23-12-9-17-13-19(24)22(11-10-18(17)15-23)14-16-7-5-4-6-8-16/h4-8,17-18H,9-15H2,1-3H3/t17-,18+/m1/s1. The molecular weight excluding hydrogens is 312 g/mol. The molecule has 4 heteroatoms. The molecule has 2 amide bonds. The van der Waals surface area contributed by atoms with Crippen LogP contribution < -0.4 is 0 Å². The van der Waals surface area contributed by atoms with Gasteiger partial charge in [0.2, 0.25) is 11.8 Å². The van der Waals surface area contributed by atoms with Gasteiger partial charge in [0.25, 0.3) is 0 Å². The van der Waals surface area contributed by atoms with Crippen molar-refractivity contribution in [2.24, 2.45) is 17.3 Å². The molecule has 25 heavy (non-hydrogen) atoms. The van der Waals surface area contributed by atoms with Crippen LogP contribution in [-0.2, 0) is 16.1 Å². The first-order valence-electron chi connectivity index (χ1n) is 9.45. The summed E-state index contributed by atoms with van der Waals surface area (Å²) in [5.74, 6) is 1.39. The maximum atomic E-state index is 12.7. The van der Waals surface area contributed by atoms with Crippen molar-refractivity contribution in [3.63, 3.8) is 0 Å². The van der Waals surface area contributed by atoms with Crippen LogP contribution in [-0.4, -0.2) is 41.2 Å². The minimum Gasteiger partial charge on any atom is -0.342 e. The van der Waals surface area contributed by atoms with Crippen LogP contribution in [0.3, 0.4) is 0 Å². The summed E-state index contributed by atoms with van der Waals surface area (Å²) in [6.07, 6.45) is 2.59. The Hall–Kier alpha value is -1.84. The van der Waals surface area contributed by atoms with E-state index in [0.717, 1.165) is 32.5 Å². The van der Waals surface area contributed by atoms with Gasteiger partial charge < -0.3 is 9.80 Å². The lowest BCUT2D eigenvalue weighted by atomic mass is 9.81. The van der Waals surface area contributed by atoms with Crippen molar-refractivity contribution >= 4 is 11.8 Å². The number of benzene rings is 1. The summed E-state index contributed by atoms with van der Waals surface area (Å²) in [5, 5.41) is 0. The molecule has 1 aromatic carbocycles. The Morgan fingerprint density at radius 3 is 2.44 bits per heavy atom. The SMILES string of the molecule is CC(C)(C)C(=O)N1CC[C@@H]2CC(=O)N(Cc3ccccc3)CC[C@H]2C1. The van der Waals surface area contributed by atoms with E-state index in [0.29, 0.717) is 24.8 Å². The predicted molar refractivity (Wildman–Crippen MR) is 98.7 cm³/mol. The largest absolute Gasteiger partial charge is 0.342 e. The fourth-order valence-corrected chi connectivity index (χ4v) is 4.11. The van der Waals surface area contributed by atoms with Gasteiger partial charge in [-0.3, -0.25) is 9.59 Å². The highest BCUT2D eigenvalue weighted by molar-refractivity contribution is 5.81. The Morgan fingerprint density at radius 1 is 1.08 bits per heavy atom. The summed E-state index contributed by atoms with van der Waals surface area (Å²) >= 11 is 0. The Morgan fingerprint density at radius 2 is 1.76 bits per heavy atom. The molecule has 0 unspecified atom stereocenters. The second-order valence-electron chi connectivity index (χ2n) is 8.60. The van der Waals surface area contributed by atoms with Crippen molar-refractivity contribution in [3.05, 3.63) is 35.9 Å². The van der Waals surface area contributed by atoms with Crippen LogP contribution in [0.1, 0.15) is 45.6 Å². The van der Waals surface area contributed by atoms with Gasteiger partial charge in [-0.25, -0.2) is 0 Å². The molecular formula is C21H30N2O2. The summed E-state index contributed by atoms with van der Waals surface area (Å²) in [6.45, 7) is 9.06. The Balaban J connectivity index is 1.65. The molecule has 0 aliphatic carbocycles. The molecule has 0 aromatic heterocycles. The first-order chi connectivity index (χ1) is 11.8. The number of rotatable bonds is 2. The number of nitrogens with zero attached hydrogens (tertiary/aromatic N) is 2. The number of amides is 2. The van der Waals surface area contributed by atoms with Gasteiger partial charge in [0.15, 0.2) is 0 Å². The van der Waals surface area contributed by atoms with Crippen LogP contribution in [0.2, 0.25) is 0 Å². The predicted octanol–water partition coefficient (Wildman–Crippen LogP) is 3.32. The molecule has 0 N–H and O–H groups in total. The van der Waals surface area contributed by atoms with Crippen molar-refractivity contribution in [3.8, 4) is 0 Å². The number of fused-ring (bicyclic) bond motifs is 1. The fraction of sp³-hybridized carbons (Fsp3) is 0.619. The minimum absolute atomic E-state index is 0.239. The van der Waals surface area contributed by atoms with Crippen LogP contribution >= 0.6 is 0 Å². The number of hydrogen-bond acceptors (Lipinski definition) is 2. The molecule has 2 fully saturated rings. The van der Waals surface area contributed by atoms with Crippen molar-refractivity contribution in [2.75, 3.05) is 19.6 Å². The summed E-state index contributed by atoms with van der Waals surface area (Å²) in [7, 11) is 0. The number of hydrogen-bond donors (Lipinski definition) is 0. The normalized spacial score (nSPS) is 24.7. The molecule has 4 nitrogen and oxygen atoms in total. The highest BCUT2D eigenvalue weighted by Gasteiger charge is 2.38. The van der Waals surface area contributed by atoms with Gasteiger partial charge in [-0.05, 0) is 30.2 Å². The van der Waals surface area contributed by atoms with Crippen molar-refractivity contribution < 1.29 is 9.59 Å². The number of carbonyl (C=O) groups is 2. The van der Waals surface area contributed by atoms with Gasteiger partial charge in [-0.1, -0.05) is 51.1 Å². The lowest BCUT2D eigenvalue weighted by molar-refractivity contribution is -0.142. The van der Waals surface area contributed by atoms with E-state index in [1.165, 1.54) is 5.56 Å². The van der Waals surface area contributed by atoms with Crippen LogP contribution in [0.15, 0.2) is 30.3 Å². The third-order valence-electron chi connectivity index (χ3n) is 5.60. The van der Waals surface area contributed by atoms with E-state index in [1.54, 1.807) is 0 Å². The summed E-state index contributed by atoms with van der Waals surface area (Å²) < 4.78 is 0. The van der Waals surface area contributed by atoms with Crippen molar-refractivity contribution in [1.29, 1.82) is 0 Å². The zero-order valence-electron chi connectivity index (χ0n) is 15.7. The molecule has 3 rings (SSSR count). The second-order valence-corrected chi connectivity index (χ2v) is 8.60. The van der Waals surface area contributed by atoms with E-state index >= 15 is 0 Å². The average Bonchev–Trinajstić information content (AvgIpc) is 2.73. The van der Waals surface area contributed by atoms with Gasteiger partial charge in [0.05, 0.1) is 0 Å². The smallest absolute Gasteiger partial charge is 0.227 e. The summed E-state index contributed by atoms with van der Waals surface area (Å²) in [6, 6.07) is 10.2. The number of likely N-dealkylation sites (tertiary alicyclic amines) is 2.